The summed E-state index contributed by atoms with van der Waals surface area (Å²) in [5, 5.41) is 3.22. The summed E-state index contributed by atoms with van der Waals surface area (Å²) >= 11 is 13.3. The van der Waals surface area contributed by atoms with E-state index in [1.807, 2.05) is 12.1 Å². The molecule has 0 spiro atoms. The van der Waals surface area contributed by atoms with Gasteiger partial charge in [-0.15, -0.1) is 11.3 Å². The lowest BCUT2D eigenvalue weighted by molar-refractivity contribution is -0.115. The standard InChI is InChI=1S/C19H13Cl2NO2S/c20-13-6-8-16(22-18(23)11-14-7-9-17(21)25-14)15(10-13)19(24)12-4-2-1-3-5-12/h1-10H,11H2,(H,22,23). The normalized spacial score (nSPS) is 10.5. The van der Waals surface area contributed by atoms with Crippen LogP contribution in [0.4, 0.5) is 5.69 Å². The highest BCUT2D eigenvalue weighted by atomic mass is 35.5. The van der Waals surface area contributed by atoms with Gasteiger partial charge in [0.25, 0.3) is 0 Å². The van der Waals surface area contributed by atoms with Crippen LogP contribution in [-0.4, -0.2) is 11.7 Å². The van der Waals surface area contributed by atoms with Crippen molar-refractivity contribution >= 4 is 51.9 Å². The number of benzene rings is 2. The van der Waals surface area contributed by atoms with Gasteiger partial charge in [-0.05, 0) is 30.3 Å². The number of amides is 1. The second kappa shape index (κ2) is 7.83. The van der Waals surface area contributed by atoms with Gasteiger partial charge in [-0.3, -0.25) is 9.59 Å². The first-order valence-corrected chi connectivity index (χ1v) is 9.03. The summed E-state index contributed by atoms with van der Waals surface area (Å²) in [5.41, 5.74) is 1.33. The number of carbonyl (C=O) groups excluding carboxylic acids is 2. The topological polar surface area (TPSA) is 46.2 Å². The maximum atomic E-state index is 12.7. The quantitative estimate of drug-likeness (QED) is 0.588. The van der Waals surface area contributed by atoms with Gasteiger partial charge < -0.3 is 5.32 Å². The lowest BCUT2D eigenvalue weighted by Gasteiger charge is -2.11. The van der Waals surface area contributed by atoms with Crippen molar-refractivity contribution in [3.05, 3.63) is 86.0 Å². The zero-order valence-electron chi connectivity index (χ0n) is 13.0. The van der Waals surface area contributed by atoms with E-state index in [2.05, 4.69) is 5.32 Å². The van der Waals surface area contributed by atoms with Gasteiger partial charge in [-0.2, -0.15) is 0 Å². The molecule has 0 bridgehead atoms. The van der Waals surface area contributed by atoms with Crippen LogP contribution in [0, 0.1) is 0 Å². The van der Waals surface area contributed by atoms with E-state index in [1.54, 1.807) is 48.5 Å². The largest absolute Gasteiger partial charge is 0.325 e. The molecule has 0 aliphatic rings. The molecule has 0 radical (unpaired) electrons. The SMILES string of the molecule is O=C(Cc1ccc(Cl)s1)Nc1ccc(Cl)cc1C(=O)c1ccccc1. The van der Waals surface area contributed by atoms with Crippen molar-refractivity contribution in [2.45, 2.75) is 6.42 Å². The Morgan fingerprint density at radius 3 is 2.40 bits per heavy atom. The summed E-state index contributed by atoms with van der Waals surface area (Å²) in [5.74, 6) is -0.416. The molecule has 6 heteroatoms. The molecular weight excluding hydrogens is 377 g/mol. The van der Waals surface area contributed by atoms with Crippen LogP contribution in [0.25, 0.3) is 0 Å². The van der Waals surface area contributed by atoms with Crippen LogP contribution >= 0.6 is 34.5 Å². The molecule has 0 aliphatic carbocycles. The molecule has 2 aromatic carbocycles. The summed E-state index contributed by atoms with van der Waals surface area (Å²) in [6.07, 6.45) is 0.193. The molecule has 3 aromatic rings. The first-order chi connectivity index (χ1) is 12.0. The minimum atomic E-state index is -0.219. The highest BCUT2D eigenvalue weighted by Gasteiger charge is 2.16. The molecule has 3 rings (SSSR count). The Balaban J connectivity index is 1.84. The molecule has 0 atom stereocenters. The van der Waals surface area contributed by atoms with E-state index in [1.165, 1.54) is 11.3 Å². The second-order valence-electron chi connectivity index (χ2n) is 5.32. The summed E-state index contributed by atoms with van der Waals surface area (Å²) in [6, 6.07) is 17.3. The molecule has 1 N–H and O–H groups in total. The van der Waals surface area contributed by atoms with Crippen molar-refractivity contribution in [1.29, 1.82) is 0 Å². The summed E-state index contributed by atoms with van der Waals surface area (Å²) in [6.45, 7) is 0. The fourth-order valence-electron chi connectivity index (χ4n) is 2.36. The summed E-state index contributed by atoms with van der Waals surface area (Å²) in [7, 11) is 0. The molecule has 0 saturated heterocycles. The van der Waals surface area contributed by atoms with E-state index in [-0.39, 0.29) is 18.1 Å². The molecule has 1 aromatic heterocycles. The molecule has 3 nitrogen and oxygen atoms in total. The third-order valence-corrected chi connectivity index (χ3v) is 4.97. The van der Waals surface area contributed by atoms with Crippen LogP contribution < -0.4 is 5.32 Å². The van der Waals surface area contributed by atoms with Gasteiger partial charge in [-0.1, -0.05) is 53.5 Å². The number of halogens is 2. The number of carbonyl (C=O) groups is 2. The molecule has 126 valence electrons. The molecule has 0 unspecified atom stereocenters. The molecule has 25 heavy (non-hydrogen) atoms. The van der Waals surface area contributed by atoms with Crippen molar-refractivity contribution in [1.82, 2.24) is 0 Å². The Hall–Kier alpha value is -2.14. The monoisotopic (exact) mass is 389 g/mol. The predicted octanol–water partition coefficient (Wildman–Crippen LogP) is 5.47. The zero-order valence-corrected chi connectivity index (χ0v) is 15.3. The van der Waals surface area contributed by atoms with Gasteiger partial charge in [-0.25, -0.2) is 0 Å². The first-order valence-electron chi connectivity index (χ1n) is 7.46. The maximum Gasteiger partial charge on any atom is 0.229 e. The fraction of sp³-hybridized carbons (Fsp3) is 0.0526. The Morgan fingerprint density at radius 1 is 0.960 bits per heavy atom. The zero-order chi connectivity index (χ0) is 17.8. The van der Waals surface area contributed by atoms with E-state index in [4.69, 9.17) is 23.2 Å². The third-order valence-electron chi connectivity index (χ3n) is 3.50. The molecular formula is C19H13Cl2NO2S. The van der Waals surface area contributed by atoms with Crippen molar-refractivity contribution in [2.24, 2.45) is 0 Å². The number of thiophene rings is 1. The average molecular weight is 390 g/mol. The average Bonchev–Trinajstić information content (AvgIpc) is 3.01. The minimum absolute atomic E-state index is 0.193. The van der Waals surface area contributed by atoms with Crippen LogP contribution in [0.3, 0.4) is 0 Å². The van der Waals surface area contributed by atoms with Crippen LogP contribution in [0.1, 0.15) is 20.8 Å². The first kappa shape index (κ1) is 17.7. The summed E-state index contributed by atoms with van der Waals surface area (Å²) in [4.78, 5) is 25.9. The second-order valence-corrected chi connectivity index (χ2v) is 7.55. The van der Waals surface area contributed by atoms with Gasteiger partial charge in [0.1, 0.15) is 0 Å². The van der Waals surface area contributed by atoms with E-state index >= 15 is 0 Å². The number of rotatable bonds is 5. The molecule has 1 amide bonds. The lowest BCUT2D eigenvalue weighted by Crippen LogP contribution is -2.16. The molecule has 0 aliphatic heterocycles. The van der Waals surface area contributed by atoms with Gasteiger partial charge in [0.15, 0.2) is 5.78 Å². The van der Waals surface area contributed by atoms with Crippen LogP contribution in [0.5, 0.6) is 0 Å². The van der Waals surface area contributed by atoms with E-state index < -0.39 is 0 Å². The Labute approximate surface area is 159 Å². The van der Waals surface area contributed by atoms with Gasteiger partial charge in [0.05, 0.1) is 16.4 Å². The highest BCUT2D eigenvalue weighted by Crippen LogP contribution is 2.25. The number of ketones is 1. The number of anilines is 1. The van der Waals surface area contributed by atoms with E-state index in [9.17, 15) is 9.59 Å². The van der Waals surface area contributed by atoms with Crippen molar-refractivity contribution in [2.75, 3.05) is 5.32 Å². The Morgan fingerprint density at radius 2 is 1.72 bits per heavy atom. The van der Waals surface area contributed by atoms with Crippen LogP contribution in [-0.2, 0) is 11.2 Å². The fourth-order valence-corrected chi connectivity index (χ4v) is 3.62. The van der Waals surface area contributed by atoms with Gasteiger partial charge in [0.2, 0.25) is 5.91 Å². The predicted molar refractivity (Wildman–Crippen MR) is 103 cm³/mol. The van der Waals surface area contributed by atoms with Crippen molar-refractivity contribution < 1.29 is 9.59 Å². The number of hydrogen-bond donors (Lipinski definition) is 1. The number of hydrogen-bond acceptors (Lipinski definition) is 3. The lowest BCUT2D eigenvalue weighted by atomic mass is 10.0. The van der Waals surface area contributed by atoms with Crippen LogP contribution in [0.15, 0.2) is 60.7 Å². The van der Waals surface area contributed by atoms with Gasteiger partial charge in [0, 0.05) is 21.0 Å². The Bertz CT molecular complexity index is 922. The van der Waals surface area contributed by atoms with Crippen LogP contribution in [0.2, 0.25) is 9.36 Å². The van der Waals surface area contributed by atoms with E-state index in [0.717, 1.165) is 4.88 Å². The third kappa shape index (κ3) is 4.48. The van der Waals surface area contributed by atoms with Crippen molar-refractivity contribution in [3.63, 3.8) is 0 Å². The smallest absolute Gasteiger partial charge is 0.229 e. The molecule has 1 heterocycles. The maximum absolute atomic E-state index is 12.7. The van der Waals surface area contributed by atoms with Gasteiger partial charge >= 0.3 is 0 Å². The van der Waals surface area contributed by atoms with Crippen molar-refractivity contribution in [3.8, 4) is 0 Å². The number of nitrogens with one attached hydrogen (secondary N) is 1. The Kier molecular flexibility index (Phi) is 5.53. The molecule has 0 fully saturated rings. The highest BCUT2D eigenvalue weighted by molar-refractivity contribution is 7.16. The van der Waals surface area contributed by atoms with E-state index in [0.29, 0.717) is 26.2 Å². The molecule has 0 saturated carbocycles. The summed E-state index contributed by atoms with van der Waals surface area (Å²) < 4.78 is 0.634. The minimum Gasteiger partial charge on any atom is -0.325 e.